The second kappa shape index (κ2) is 6.01. The van der Waals surface area contributed by atoms with E-state index in [-0.39, 0.29) is 6.04 Å². The summed E-state index contributed by atoms with van der Waals surface area (Å²) in [6.45, 7) is 2.88. The lowest BCUT2D eigenvalue weighted by molar-refractivity contribution is 0.221. The van der Waals surface area contributed by atoms with Crippen molar-refractivity contribution in [1.29, 1.82) is 0 Å². The van der Waals surface area contributed by atoms with Gasteiger partial charge in [0.2, 0.25) is 0 Å². The minimum atomic E-state index is 0.0408. The van der Waals surface area contributed by atoms with E-state index in [1.165, 1.54) is 25.7 Å². The molecule has 1 saturated carbocycles. The summed E-state index contributed by atoms with van der Waals surface area (Å²) in [6.07, 6.45) is 8.03. The summed E-state index contributed by atoms with van der Waals surface area (Å²) in [5.74, 6) is 1.76. The van der Waals surface area contributed by atoms with E-state index in [1.807, 2.05) is 12.1 Å². The van der Waals surface area contributed by atoms with Crippen molar-refractivity contribution in [2.45, 2.75) is 45.1 Å². The highest BCUT2D eigenvalue weighted by molar-refractivity contribution is 5.21. The molecule has 3 nitrogen and oxygen atoms in total. The fraction of sp³-hybridized carbons (Fsp3) is 0.643. The molecule has 0 unspecified atom stereocenters. The number of ether oxygens (including phenoxy) is 1. The van der Waals surface area contributed by atoms with Gasteiger partial charge in [-0.1, -0.05) is 26.2 Å². The van der Waals surface area contributed by atoms with Crippen LogP contribution in [-0.2, 0) is 0 Å². The number of nitrogens with two attached hydrogens (primary N) is 1. The number of nitrogens with zero attached hydrogens (tertiary/aromatic N) is 1. The molecule has 0 radical (unpaired) electrons. The minimum Gasteiger partial charge on any atom is -0.492 e. The van der Waals surface area contributed by atoms with Crippen LogP contribution in [-0.4, -0.2) is 11.6 Å². The zero-order valence-corrected chi connectivity index (χ0v) is 10.6. The van der Waals surface area contributed by atoms with Crippen LogP contribution >= 0.6 is 0 Å². The topological polar surface area (TPSA) is 48.1 Å². The summed E-state index contributed by atoms with van der Waals surface area (Å²) in [4.78, 5) is 4.33. The van der Waals surface area contributed by atoms with Gasteiger partial charge in [-0.15, -0.1) is 0 Å². The van der Waals surface area contributed by atoms with Gasteiger partial charge in [0, 0.05) is 6.04 Å². The molecule has 17 heavy (non-hydrogen) atoms. The highest BCUT2D eigenvalue weighted by Crippen LogP contribution is 2.29. The fourth-order valence-electron chi connectivity index (χ4n) is 2.03. The molecule has 0 saturated heterocycles. The average Bonchev–Trinajstić information content (AvgIpc) is 2.32. The Balaban J connectivity index is 1.76. The smallest absolute Gasteiger partial charge is 0.137 e. The molecule has 0 aliphatic heterocycles. The lowest BCUT2D eigenvalue weighted by atomic mass is 9.83. The molecule has 3 heteroatoms. The molecular formula is C14H22N2O. The van der Waals surface area contributed by atoms with Crippen LogP contribution in [0.3, 0.4) is 0 Å². The van der Waals surface area contributed by atoms with Gasteiger partial charge in [0.1, 0.15) is 5.75 Å². The molecule has 2 rings (SSSR count). The number of rotatable bonds is 6. The predicted octanol–water partition coefficient (Wildman–Crippen LogP) is 3.06. The second-order valence-corrected chi connectivity index (χ2v) is 4.87. The molecule has 0 spiro atoms. The maximum absolute atomic E-state index is 5.91. The largest absolute Gasteiger partial charge is 0.492 e. The van der Waals surface area contributed by atoms with Crippen molar-refractivity contribution >= 4 is 0 Å². The van der Waals surface area contributed by atoms with E-state index in [0.717, 1.165) is 30.4 Å². The van der Waals surface area contributed by atoms with Crippen molar-refractivity contribution in [3.63, 3.8) is 0 Å². The Labute approximate surface area is 103 Å². The lowest BCUT2D eigenvalue weighted by Crippen LogP contribution is -2.14. The zero-order chi connectivity index (χ0) is 12.1. The van der Waals surface area contributed by atoms with E-state index in [1.54, 1.807) is 6.20 Å². The molecule has 1 atom stereocenters. The van der Waals surface area contributed by atoms with Gasteiger partial charge < -0.3 is 10.5 Å². The second-order valence-electron chi connectivity index (χ2n) is 4.87. The van der Waals surface area contributed by atoms with E-state index < -0.39 is 0 Å². The molecule has 94 valence electrons. The van der Waals surface area contributed by atoms with Gasteiger partial charge in [-0.05, 0) is 30.9 Å². The summed E-state index contributed by atoms with van der Waals surface area (Å²) in [7, 11) is 0. The Hall–Kier alpha value is -1.09. The van der Waals surface area contributed by atoms with Gasteiger partial charge in [0.25, 0.3) is 0 Å². The molecule has 1 aliphatic rings. The summed E-state index contributed by atoms with van der Waals surface area (Å²) in [5.41, 5.74) is 6.85. The Morgan fingerprint density at radius 3 is 2.82 bits per heavy atom. The standard InChI is InChI=1S/C14H22N2O/c1-2-13(15)14-7-6-12(10-16-14)17-9-8-11-4-3-5-11/h6-7,10-11,13H,2-5,8-9,15H2,1H3/t13-/m0/s1. The first-order valence-corrected chi connectivity index (χ1v) is 6.64. The monoisotopic (exact) mass is 234 g/mol. The Kier molecular flexibility index (Phi) is 4.37. The molecule has 0 aromatic carbocycles. The van der Waals surface area contributed by atoms with Crippen molar-refractivity contribution < 1.29 is 4.74 Å². The highest BCUT2D eigenvalue weighted by Gasteiger charge is 2.16. The number of aromatic nitrogens is 1. The van der Waals surface area contributed by atoms with Gasteiger partial charge >= 0.3 is 0 Å². The molecule has 1 aliphatic carbocycles. The van der Waals surface area contributed by atoms with Crippen molar-refractivity contribution in [3.8, 4) is 5.75 Å². The highest BCUT2D eigenvalue weighted by atomic mass is 16.5. The van der Waals surface area contributed by atoms with E-state index in [0.29, 0.717) is 0 Å². The van der Waals surface area contributed by atoms with Crippen LogP contribution in [0.5, 0.6) is 5.75 Å². The van der Waals surface area contributed by atoms with Gasteiger partial charge in [-0.3, -0.25) is 4.98 Å². The first kappa shape index (κ1) is 12.4. The summed E-state index contributed by atoms with van der Waals surface area (Å²) in [5, 5.41) is 0. The SMILES string of the molecule is CC[C@H](N)c1ccc(OCCC2CCC2)cn1. The molecule has 1 fully saturated rings. The maximum atomic E-state index is 5.91. The Morgan fingerprint density at radius 1 is 1.47 bits per heavy atom. The molecule has 1 aromatic rings. The fourth-order valence-corrected chi connectivity index (χ4v) is 2.03. The van der Waals surface area contributed by atoms with E-state index in [4.69, 9.17) is 10.5 Å². The number of hydrogen-bond acceptors (Lipinski definition) is 3. The van der Waals surface area contributed by atoms with Crippen LogP contribution in [0.4, 0.5) is 0 Å². The van der Waals surface area contributed by atoms with Gasteiger partial charge in [-0.25, -0.2) is 0 Å². The van der Waals surface area contributed by atoms with Gasteiger partial charge in [-0.2, -0.15) is 0 Å². The molecule has 1 aromatic heterocycles. The van der Waals surface area contributed by atoms with E-state index >= 15 is 0 Å². The maximum Gasteiger partial charge on any atom is 0.137 e. The minimum absolute atomic E-state index is 0.0408. The number of pyridine rings is 1. The molecular weight excluding hydrogens is 212 g/mol. The molecule has 0 bridgehead atoms. The Morgan fingerprint density at radius 2 is 2.29 bits per heavy atom. The summed E-state index contributed by atoms with van der Waals surface area (Å²) < 4.78 is 5.68. The van der Waals surface area contributed by atoms with Crippen LogP contribution in [0.2, 0.25) is 0 Å². The van der Waals surface area contributed by atoms with Crippen LogP contribution in [0.15, 0.2) is 18.3 Å². The third kappa shape index (κ3) is 3.43. The van der Waals surface area contributed by atoms with E-state index in [9.17, 15) is 0 Å². The van der Waals surface area contributed by atoms with Crippen LogP contribution in [0.25, 0.3) is 0 Å². The van der Waals surface area contributed by atoms with Crippen molar-refractivity contribution in [2.75, 3.05) is 6.61 Å². The van der Waals surface area contributed by atoms with E-state index in [2.05, 4.69) is 11.9 Å². The predicted molar refractivity (Wildman–Crippen MR) is 68.9 cm³/mol. The van der Waals surface area contributed by atoms with Gasteiger partial charge in [0.05, 0.1) is 18.5 Å². The summed E-state index contributed by atoms with van der Waals surface area (Å²) in [6, 6.07) is 3.98. The first-order chi connectivity index (χ1) is 8.29. The normalized spacial score (nSPS) is 17.5. The zero-order valence-electron chi connectivity index (χ0n) is 10.6. The molecule has 0 amide bonds. The van der Waals surface area contributed by atoms with Crippen molar-refractivity contribution in [2.24, 2.45) is 11.7 Å². The lowest BCUT2D eigenvalue weighted by Gasteiger charge is -2.24. The van der Waals surface area contributed by atoms with Crippen molar-refractivity contribution in [1.82, 2.24) is 4.98 Å². The summed E-state index contributed by atoms with van der Waals surface area (Å²) >= 11 is 0. The average molecular weight is 234 g/mol. The third-order valence-corrected chi connectivity index (χ3v) is 3.60. The van der Waals surface area contributed by atoms with Crippen LogP contribution < -0.4 is 10.5 Å². The van der Waals surface area contributed by atoms with Crippen molar-refractivity contribution in [3.05, 3.63) is 24.0 Å². The Bertz CT molecular complexity index is 333. The molecule has 1 heterocycles. The van der Waals surface area contributed by atoms with Crippen LogP contribution in [0, 0.1) is 5.92 Å². The first-order valence-electron chi connectivity index (χ1n) is 6.64. The van der Waals surface area contributed by atoms with Gasteiger partial charge in [0.15, 0.2) is 0 Å². The quantitative estimate of drug-likeness (QED) is 0.823. The third-order valence-electron chi connectivity index (χ3n) is 3.60. The van der Waals surface area contributed by atoms with Crippen LogP contribution in [0.1, 0.15) is 50.8 Å². The molecule has 2 N–H and O–H groups in total. The number of hydrogen-bond donors (Lipinski definition) is 1.